The van der Waals surface area contributed by atoms with Crippen LogP contribution in [0.2, 0.25) is 5.02 Å². The van der Waals surface area contributed by atoms with Gasteiger partial charge >= 0.3 is 5.97 Å². The minimum Gasteiger partial charge on any atom is -0.481 e. The highest BCUT2D eigenvalue weighted by atomic mass is 35.5. The van der Waals surface area contributed by atoms with Crippen LogP contribution in [0, 0.1) is 17.7 Å². The monoisotopic (exact) mass is 285 g/mol. The molecule has 1 aromatic carbocycles. The first-order chi connectivity index (χ1) is 8.91. The molecule has 1 aromatic rings. The molecule has 4 nitrogen and oxygen atoms in total. The lowest BCUT2D eigenvalue weighted by atomic mass is 9.99. The van der Waals surface area contributed by atoms with Crippen LogP contribution in [-0.2, 0) is 4.79 Å². The van der Waals surface area contributed by atoms with Crippen LogP contribution in [0.3, 0.4) is 0 Å². The van der Waals surface area contributed by atoms with Crippen LogP contribution in [0.4, 0.5) is 4.39 Å². The molecule has 0 radical (unpaired) electrons. The van der Waals surface area contributed by atoms with Crippen molar-refractivity contribution < 1.29 is 19.1 Å². The zero-order chi connectivity index (χ0) is 14.2. The lowest BCUT2D eigenvalue weighted by Crippen LogP contribution is -2.30. The van der Waals surface area contributed by atoms with Crippen molar-refractivity contribution in [1.82, 2.24) is 4.90 Å². The molecule has 0 saturated carbocycles. The third kappa shape index (κ3) is 2.56. The third-order valence-electron chi connectivity index (χ3n) is 3.39. The summed E-state index contributed by atoms with van der Waals surface area (Å²) in [6, 6.07) is 4.01. The predicted octanol–water partition coefficient (Wildman–Crippen LogP) is 2.27. The van der Waals surface area contributed by atoms with Crippen molar-refractivity contribution in [1.29, 1.82) is 0 Å². The van der Waals surface area contributed by atoms with E-state index in [9.17, 15) is 14.0 Å². The molecule has 1 aliphatic rings. The first-order valence-electron chi connectivity index (χ1n) is 5.88. The van der Waals surface area contributed by atoms with E-state index in [0.717, 1.165) is 6.07 Å². The lowest BCUT2D eigenvalue weighted by molar-refractivity contribution is -0.142. The van der Waals surface area contributed by atoms with Crippen LogP contribution in [0.1, 0.15) is 17.3 Å². The molecule has 2 unspecified atom stereocenters. The maximum Gasteiger partial charge on any atom is 0.308 e. The molecule has 1 N–H and O–H groups in total. The summed E-state index contributed by atoms with van der Waals surface area (Å²) in [5.41, 5.74) is -0.192. The van der Waals surface area contributed by atoms with Gasteiger partial charge < -0.3 is 10.0 Å². The van der Waals surface area contributed by atoms with E-state index in [4.69, 9.17) is 16.7 Å². The van der Waals surface area contributed by atoms with E-state index < -0.39 is 23.6 Å². The number of amides is 1. The molecule has 0 aliphatic carbocycles. The highest BCUT2D eigenvalue weighted by Gasteiger charge is 2.38. The van der Waals surface area contributed by atoms with E-state index in [1.54, 1.807) is 6.92 Å². The quantitative estimate of drug-likeness (QED) is 0.907. The fraction of sp³-hybridized carbons (Fsp3) is 0.385. The van der Waals surface area contributed by atoms with Crippen LogP contribution in [0.5, 0.6) is 0 Å². The second-order valence-electron chi connectivity index (χ2n) is 4.73. The summed E-state index contributed by atoms with van der Waals surface area (Å²) in [4.78, 5) is 24.6. The number of halogens is 2. The van der Waals surface area contributed by atoms with Gasteiger partial charge in [-0.15, -0.1) is 0 Å². The van der Waals surface area contributed by atoms with Crippen LogP contribution < -0.4 is 0 Å². The second-order valence-corrected chi connectivity index (χ2v) is 5.14. The van der Waals surface area contributed by atoms with E-state index in [1.165, 1.54) is 17.0 Å². The van der Waals surface area contributed by atoms with Gasteiger partial charge in [0.1, 0.15) is 5.82 Å². The lowest BCUT2D eigenvalue weighted by Gasteiger charge is -2.17. The number of hydrogen-bond donors (Lipinski definition) is 1. The van der Waals surface area contributed by atoms with Crippen molar-refractivity contribution in [2.24, 2.45) is 11.8 Å². The van der Waals surface area contributed by atoms with Crippen LogP contribution in [-0.4, -0.2) is 35.0 Å². The van der Waals surface area contributed by atoms with Crippen molar-refractivity contribution >= 4 is 23.5 Å². The van der Waals surface area contributed by atoms with E-state index in [2.05, 4.69) is 0 Å². The largest absolute Gasteiger partial charge is 0.481 e. The topological polar surface area (TPSA) is 57.6 Å². The highest BCUT2D eigenvalue weighted by molar-refractivity contribution is 6.33. The maximum atomic E-state index is 13.7. The minimum absolute atomic E-state index is 0.0384. The van der Waals surface area contributed by atoms with Crippen molar-refractivity contribution in [3.63, 3.8) is 0 Å². The summed E-state index contributed by atoms with van der Waals surface area (Å²) in [6.45, 7) is 2.13. The Morgan fingerprint density at radius 3 is 2.63 bits per heavy atom. The number of carboxylic acids is 1. The maximum absolute atomic E-state index is 13.7. The molecule has 1 heterocycles. The molecule has 102 valence electrons. The Bertz CT molecular complexity index is 514. The highest BCUT2D eigenvalue weighted by Crippen LogP contribution is 2.27. The Morgan fingerprint density at radius 2 is 2.11 bits per heavy atom. The first-order valence-corrected chi connectivity index (χ1v) is 6.25. The minimum atomic E-state index is -0.942. The standard InChI is InChI=1S/C13H13ClFNO3/c1-7-5-16(6-8(7)13(18)19)12(17)11-9(14)3-2-4-10(11)15/h2-4,7-8H,5-6H2,1H3,(H,18,19). The van der Waals surface area contributed by atoms with Crippen LogP contribution in [0.25, 0.3) is 0 Å². The molecular formula is C13H13ClFNO3. The average Bonchev–Trinajstić information content (AvgIpc) is 2.71. The van der Waals surface area contributed by atoms with Gasteiger partial charge in [0.25, 0.3) is 5.91 Å². The number of carbonyl (C=O) groups excluding carboxylic acids is 1. The summed E-state index contributed by atoms with van der Waals surface area (Å²) in [7, 11) is 0. The number of aliphatic carboxylic acids is 1. The van der Waals surface area contributed by atoms with Crippen molar-refractivity contribution in [2.75, 3.05) is 13.1 Å². The smallest absolute Gasteiger partial charge is 0.308 e. The van der Waals surface area contributed by atoms with E-state index >= 15 is 0 Å². The molecular weight excluding hydrogens is 273 g/mol. The Labute approximate surface area is 114 Å². The first kappa shape index (κ1) is 13.8. The molecule has 1 saturated heterocycles. The van der Waals surface area contributed by atoms with Gasteiger partial charge in [-0.1, -0.05) is 24.6 Å². The van der Waals surface area contributed by atoms with Crippen molar-refractivity contribution in [3.05, 3.63) is 34.6 Å². The van der Waals surface area contributed by atoms with Gasteiger partial charge in [0.05, 0.1) is 16.5 Å². The Kier molecular flexibility index (Phi) is 3.75. The molecule has 0 bridgehead atoms. The van der Waals surface area contributed by atoms with Crippen molar-refractivity contribution in [2.45, 2.75) is 6.92 Å². The molecule has 2 atom stereocenters. The summed E-state index contributed by atoms with van der Waals surface area (Å²) >= 11 is 5.83. The molecule has 6 heteroatoms. The van der Waals surface area contributed by atoms with Gasteiger partial charge in [0.15, 0.2) is 0 Å². The number of nitrogens with zero attached hydrogens (tertiary/aromatic N) is 1. The molecule has 19 heavy (non-hydrogen) atoms. The molecule has 1 aliphatic heterocycles. The average molecular weight is 286 g/mol. The van der Waals surface area contributed by atoms with Gasteiger partial charge in [0, 0.05) is 13.1 Å². The second kappa shape index (κ2) is 5.17. The number of benzene rings is 1. The van der Waals surface area contributed by atoms with E-state index in [-0.39, 0.29) is 23.0 Å². The van der Waals surface area contributed by atoms with Gasteiger partial charge in [-0.05, 0) is 18.1 Å². The van der Waals surface area contributed by atoms with E-state index in [1.807, 2.05) is 0 Å². The van der Waals surface area contributed by atoms with Gasteiger partial charge in [-0.3, -0.25) is 9.59 Å². The molecule has 0 spiro atoms. The van der Waals surface area contributed by atoms with Gasteiger partial charge in [0.2, 0.25) is 0 Å². The number of carbonyl (C=O) groups is 2. The van der Waals surface area contributed by atoms with Crippen LogP contribution >= 0.6 is 11.6 Å². The number of rotatable bonds is 2. The van der Waals surface area contributed by atoms with Gasteiger partial charge in [-0.2, -0.15) is 0 Å². The zero-order valence-corrected chi connectivity index (χ0v) is 11.0. The van der Waals surface area contributed by atoms with Gasteiger partial charge in [-0.25, -0.2) is 4.39 Å². The summed E-state index contributed by atoms with van der Waals surface area (Å²) < 4.78 is 13.7. The normalized spacial score (nSPS) is 22.6. The number of hydrogen-bond acceptors (Lipinski definition) is 2. The Balaban J connectivity index is 2.25. The molecule has 1 amide bonds. The predicted molar refractivity (Wildman–Crippen MR) is 67.6 cm³/mol. The fourth-order valence-corrected chi connectivity index (χ4v) is 2.56. The van der Waals surface area contributed by atoms with E-state index in [0.29, 0.717) is 6.54 Å². The molecule has 0 aromatic heterocycles. The summed E-state index contributed by atoms with van der Waals surface area (Å²) in [6.07, 6.45) is 0. The Morgan fingerprint density at radius 1 is 1.42 bits per heavy atom. The third-order valence-corrected chi connectivity index (χ3v) is 3.71. The Hall–Kier alpha value is -1.62. The zero-order valence-electron chi connectivity index (χ0n) is 10.3. The SMILES string of the molecule is CC1CN(C(=O)c2c(F)cccc2Cl)CC1C(=O)O. The summed E-state index contributed by atoms with van der Waals surface area (Å²) in [5.74, 6) is -2.97. The molecule has 2 rings (SSSR count). The summed E-state index contributed by atoms with van der Waals surface area (Å²) in [5, 5.41) is 9.06. The number of carboxylic acid groups (broad SMARTS) is 1. The number of likely N-dealkylation sites (tertiary alicyclic amines) is 1. The van der Waals surface area contributed by atoms with Crippen LogP contribution in [0.15, 0.2) is 18.2 Å². The van der Waals surface area contributed by atoms with Crippen molar-refractivity contribution in [3.8, 4) is 0 Å². The molecule has 1 fully saturated rings. The fourth-order valence-electron chi connectivity index (χ4n) is 2.31.